The first-order valence-electron chi connectivity index (χ1n) is 11.5. The van der Waals surface area contributed by atoms with Gasteiger partial charge in [-0.25, -0.2) is 9.59 Å². The highest BCUT2D eigenvalue weighted by atomic mass is 16.5. The SMILES string of the molecule is COC(=O)c1cc(OC)c(OC)cc1NC(=O)Cc1c(C)c2cc3c(cc2oc1=O)OC(C)(C)CC3. The van der Waals surface area contributed by atoms with Crippen LogP contribution in [0.2, 0.25) is 0 Å². The molecule has 1 N–H and O–H groups in total. The van der Waals surface area contributed by atoms with E-state index in [1.54, 1.807) is 13.0 Å². The van der Waals surface area contributed by atoms with Crippen LogP contribution in [0, 0.1) is 6.92 Å². The number of fused-ring (bicyclic) bond motifs is 2. The van der Waals surface area contributed by atoms with E-state index in [1.165, 1.54) is 33.5 Å². The first kappa shape index (κ1) is 25.1. The van der Waals surface area contributed by atoms with Crippen molar-refractivity contribution >= 4 is 28.5 Å². The maximum atomic E-state index is 13.0. The van der Waals surface area contributed by atoms with Crippen LogP contribution in [0.15, 0.2) is 33.5 Å². The Balaban J connectivity index is 1.67. The van der Waals surface area contributed by atoms with E-state index in [4.69, 9.17) is 23.4 Å². The van der Waals surface area contributed by atoms with Gasteiger partial charge in [0.1, 0.15) is 16.9 Å². The molecule has 0 bridgehead atoms. The third-order valence-electron chi connectivity index (χ3n) is 6.39. The summed E-state index contributed by atoms with van der Waals surface area (Å²) in [6, 6.07) is 6.59. The fourth-order valence-corrected chi connectivity index (χ4v) is 4.36. The second kappa shape index (κ2) is 9.56. The van der Waals surface area contributed by atoms with E-state index >= 15 is 0 Å². The average Bonchev–Trinajstić information content (AvgIpc) is 2.84. The highest BCUT2D eigenvalue weighted by Crippen LogP contribution is 2.37. The Labute approximate surface area is 208 Å². The summed E-state index contributed by atoms with van der Waals surface area (Å²) in [5.41, 5.74) is 1.68. The summed E-state index contributed by atoms with van der Waals surface area (Å²) in [7, 11) is 4.11. The third kappa shape index (κ3) is 4.73. The molecule has 1 aliphatic rings. The Morgan fingerprint density at radius 1 is 1.06 bits per heavy atom. The molecule has 36 heavy (non-hydrogen) atoms. The highest BCUT2D eigenvalue weighted by Gasteiger charge is 2.28. The molecular formula is C27H29NO8. The molecule has 1 aliphatic heterocycles. The smallest absolute Gasteiger partial charge is 0.340 e. The lowest BCUT2D eigenvalue weighted by Crippen LogP contribution is -2.32. The van der Waals surface area contributed by atoms with E-state index in [1.807, 2.05) is 19.9 Å². The van der Waals surface area contributed by atoms with Crippen molar-refractivity contribution in [2.45, 2.75) is 45.6 Å². The largest absolute Gasteiger partial charge is 0.493 e. The number of ether oxygens (including phenoxy) is 4. The van der Waals surface area contributed by atoms with Gasteiger partial charge in [-0.05, 0) is 50.8 Å². The number of aryl methyl sites for hydroxylation is 2. The minimum Gasteiger partial charge on any atom is -0.493 e. The number of hydrogen-bond donors (Lipinski definition) is 1. The molecule has 2 heterocycles. The van der Waals surface area contributed by atoms with Crippen molar-refractivity contribution < 1.29 is 33.0 Å². The first-order valence-corrected chi connectivity index (χ1v) is 11.5. The Morgan fingerprint density at radius 3 is 2.42 bits per heavy atom. The van der Waals surface area contributed by atoms with Gasteiger partial charge in [0.25, 0.3) is 0 Å². The number of esters is 1. The van der Waals surface area contributed by atoms with Crippen molar-refractivity contribution in [3.63, 3.8) is 0 Å². The van der Waals surface area contributed by atoms with Gasteiger partial charge in [0.05, 0.1) is 44.6 Å². The quantitative estimate of drug-likeness (QED) is 0.400. The normalized spacial score (nSPS) is 13.9. The molecule has 1 aromatic heterocycles. The highest BCUT2D eigenvalue weighted by molar-refractivity contribution is 6.03. The summed E-state index contributed by atoms with van der Waals surface area (Å²) >= 11 is 0. The molecule has 0 saturated heterocycles. The van der Waals surface area contributed by atoms with Crippen LogP contribution >= 0.6 is 0 Å². The van der Waals surface area contributed by atoms with Crippen LogP contribution in [0.5, 0.6) is 17.2 Å². The molecule has 2 aromatic carbocycles. The van der Waals surface area contributed by atoms with Gasteiger partial charge < -0.3 is 28.7 Å². The zero-order valence-corrected chi connectivity index (χ0v) is 21.2. The van der Waals surface area contributed by atoms with Gasteiger partial charge >= 0.3 is 11.6 Å². The first-order chi connectivity index (χ1) is 17.1. The van der Waals surface area contributed by atoms with Gasteiger partial charge in [0.2, 0.25) is 5.91 Å². The maximum absolute atomic E-state index is 13.0. The van der Waals surface area contributed by atoms with Crippen LogP contribution < -0.4 is 25.2 Å². The van der Waals surface area contributed by atoms with E-state index in [9.17, 15) is 14.4 Å². The van der Waals surface area contributed by atoms with Gasteiger partial charge in [-0.1, -0.05) is 0 Å². The zero-order chi connectivity index (χ0) is 26.2. The summed E-state index contributed by atoms with van der Waals surface area (Å²) in [5, 5.41) is 3.44. The number of anilines is 1. The summed E-state index contributed by atoms with van der Waals surface area (Å²) in [5.74, 6) is 0.151. The van der Waals surface area contributed by atoms with Crippen molar-refractivity contribution in [2.75, 3.05) is 26.6 Å². The van der Waals surface area contributed by atoms with Crippen molar-refractivity contribution in [3.8, 4) is 17.2 Å². The monoisotopic (exact) mass is 495 g/mol. The second-order valence-corrected chi connectivity index (χ2v) is 9.28. The average molecular weight is 496 g/mol. The van der Waals surface area contributed by atoms with Crippen molar-refractivity contribution in [1.82, 2.24) is 0 Å². The molecule has 0 unspecified atom stereocenters. The van der Waals surface area contributed by atoms with Crippen LogP contribution in [0.1, 0.15) is 47.3 Å². The minimum atomic E-state index is -0.664. The molecule has 9 nitrogen and oxygen atoms in total. The second-order valence-electron chi connectivity index (χ2n) is 9.28. The van der Waals surface area contributed by atoms with E-state index in [0.717, 1.165) is 23.8 Å². The maximum Gasteiger partial charge on any atom is 0.340 e. The predicted octanol–water partition coefficient (Wildman–Crippen LogP) is 4.19. The number of nitrogens with one attached hydrogen (secondary N) is 1. The van der Waals surface area contributed by atoms with Gasteiger partial charge in [-0.15, -0.1) is 0 Å². The molecule has 4 rings (SSSR count). The van der Waals surface area contributed by atoms with Crippen molar-refractivity contribution in [1.29, 1.82) is 0 Å². The molecule has 3 aromatic rings. The number of carbonyl (C=O) groups is 2. The van der Waals surface area contributed by atoms with Crippen LogP contribution in [0.3, 0.4) is 0 Å². The van der Waals surface area contributed by atoms with E-state index in [0.29, 0.717) is 28.4 Å². The van der Waals surface area contributed by atoms with Gasteiger partial charge in [0, 0.05) is 23.6 Å². The van der Waals surface area contributed by atoms with E-state index in [-0.39, 0.29) is 28.8 Å². The molecule has 0 radical (unpaired) electrons. The Morgan fingerprint density at radius 2 is 1.75 bits per heavy atom. The summed E-state index contributed by atoms with van der Waals surface area (Å²) in [6.45, 7) is 5.83. The molecular weight excluding hydrogens is 466 g/mol. The standard InChI is InChI=1S/C27H29NO8/c1-14-16-9-15-7-8-27(2,3)36-20(15)13-21(16)35-26(31)17(14)11-24(29)28-19-12-23(33-5)22(32-4)10-18(19)25(30)34-6/h9-10,12-13H,7-8,11H2,1-6H3,(H,28,29). The number of methoxy groups -OCH3 is 3. The lowest BCUT2D eigenvalue weighted by atomic mass is 9.92. The third-order valence-corrected chi connectivity index (χ3v) is 6.39. The minimum absolute atomic E-state index is 0.0836. The molecule has 9 heteroatoms. The lowest BCUT2D eigenvalue weighted by molar-refractivity contribution is -0.115. The topological polar surface area (TPSA) is 113 Å². The lowest BCUT2D eigenvalue weighted by Gasteiger charge is -2.32. The fraction of sp³-hybridized carbons (Fsp3) is 0.370. The molecule has 0 fully saturated rings. The molecule has 190 valence electrons. The van der Waals surface area contributed by atoms with Crippen LogP contribution in [0.4, 0.5) is 5.69 Å². The Bertz CT molecular complexity index is 1420. The number of benzene rings is 2. The zero-order valence-electron chi connectivity index (χ0n) is 21.2. The molecule has 0 spiro atoms. The Hall–Kier alpha value is -4.01. The van der Waals surface area contributed by atoms with Crippen LogP contribution in [0.25, 0.3) is 11.0 Å². The number of amides is 1. The summed E-state index contributed by atoms with van der Waals surface area (Å²) in [6.07, 6.45) is 1.45. The Kier molecular flexibility index (Phi) is 6.67. The van der Waals surface area contributed by atoms with Crippen LogP contribution in [-0.4, -0.2) is 38.8 Å². The van der Waals surface area contributed by atoms with Crippen molar-refractivity contribution in [3.05, 3.63) is 56.9 Å². The molecule has 0 atom stereocenters. The number of rotatable bonds is 6. The number of carbonyl (C=O) groups excluding carboxylic acids is 2. The predicted molar refractivity (Wildman–Crippen MR) is 133 cm³/mol. The molecule has 1 amide bonds. The van der Waals surface area contributed by atoms with Gasteiger partial charge in [-0.3, -0.25) is 4.79 Å². The van der Waals surface area contributed by atoms with E-state index in [2.05, 4.69) is 5.32 Å². The van der Waals surface area contributed by atoms with E-state index < -0.39 is 17.5 Å². The number of hydrogen-bond acceptors (Lipinski definition) is 8. The summed E-state index contributed by atoms with van der Waals surface area (Å²) < 4.78 is 27.0. The van der Waals surface area contributed by atoms with Gasteiger partial charge in [0.15, 0.2) is 11.5 Å². The molecule has 0 saturated carbocycles. The van der Waals surface area contributed by atoms with Crippen LogP contribution in [-0.2, 0) is 22.4 Å². The fourth-order valence-electron chi connectivity index (χ4n) is 4.36. The van der Waals surface area contributed by atoms with Gasteiger partial charge in [-0.2, -0.15) is 0 Å². The summed E-state index contributed by atoms with van der Waals surface area (Å²) in [4.78, 5) is 38.2. The molecule has 0 aliphatic carbocycles. The van der Waals surface area contributed by atoms with Crippen molar-refractivity contribution in [2.24, 2.45) is 0 Å².